The van der Waals surface area contributed by atoms with Crippen molar-refractivity contribution in [2.24, 2.45) is 0 Å². The predicted octanol–water partition coefficient (Wildman–Crippen LogP) is 2.27. The minimum absolute atomic E-state index is 0.0762. The molecular weight excluding hydrogens is 374 g/mol. The fourth-order valence-corrected chi connectivity index (χ4v) is 4.47. The van der Waals surface area contributed by atoms with Crippen LogP contribution in [0.25, 0.3) is 0 Å². The molecule has 0 radical (unpaired) electrons. The molecule has 4 rings (SSSR count). The van der Waals surface area contributed by atoms with Gasteiger partial charge in [0, 0.05) is 5.69 Å². The molecular formula is C22H19NO6. The minimum Gasteiger partial charge on any atom is -0.467 e. The Labute approximate surface area is 167 Å². The molecule has 2 atom stereocenters. The molecule has 2 aromatic carbocycles. The first-order chi connectivity index (χ1) is 14.0. The topological polar surface area (TPSA) is 82.1 Å². The zero-order valence-corrected chi connectivity index (χ0v) is 16.2. The molecule has 0 amide bonds. The van der Waals surface area contributed by atoms with Crippen LogP contribution in [0, 0.1) is 0 Å². The van der Waals surface area contributed by atoms with Gasteiger partial charge in [0.15, 0.2) is 5.54 Å². The van der Waals surface area contributed by atoms with Crippen LogP contribution >= 0.6 is 0 Å². The van der Waals surface area contributed by atoms with Crippen molar-refractivity contribution in [3.05, 3.63) is 76.9 Å². The number of rotatable bonds is 4. The van der Waals surface area contributed by atoms with E-state index in [1.54, 1.807) is 17.0 Å². The highest BCUT2D eigenvalue weighted by Crippen LogP contribution is 2.62. The molecule has 0 saturated carbocycles. The molecule has 2 aromatic rings. The zero-order chi connectivity index (χ0) is 20.8. The van der Waals surface area contributed by atoms with Crippen LogP contribution in [0.2, 0.25) is 0 Å². The number of esters is 3. The van der Waals surface area contributed by atoms with Crippen LogP contribution in [0.1, 0.15) is 17.2 Å². The smallest absolute Gasteiger partial charge is 0.341 e. The van der Waals surface area contributed by atoms with Crippen LogP contribution < -0.4 is 4.90 Å². The Hall–Kier alpha value is -3.61. The van der Waals surface area contributed by atoms with Crippen LogP contribution in [0.15, 0.2) is 65.7 Å². The van der Waals surface area contributed by atoms with Crippen molar-refractivity contribution in [3.63, 3.8) is 0 Å². The maximum Gasteiger partial charge on any atom is 0.341 e. The van der Waals surface area contributed by atoms with Crippen molar-refractivity contribution in [2.45, 2.75) is 11.6 Å². The number of nitrogens with zero attached hydrogens (tertiary/aromatic N) is 1. The first kappa shape index (κ1) is 18.7. The number of carbonyl (C=O) groups excluding carboxylic acids is 3. The second-order valence-corrected chi connectivity index (χ2v) is 6.67. The van der Waals surface area contributed by atoms with Crippen LogP contribution in [-0.2, 0) is 34.1 Å². The van der Waals surface area contributed by atoms with Crippen LogP contribution in [-0.4, -0.2) is 39.2 Å². The second-order valence-electron chi connectivity index (χ2n) is 6.67. The zero-order valence-electron chi connectivity index (χ0n) is 16.2. The van der Waals surface area contributed by atoms with E-state index < -0.39 is 29.5 Å². The first-order valence-electron chi connectivity index (χ1n) is 8.97. The van der Waals surface area contributed by atoms with Gasteiger partial charge in [-0.15, -0.1) is 0 Å². The summed E-state index contributed by atoms with van der Waals surface area (Å²) in [6.45, 7) is 0. The van der Waals surface area contributed by atoms with Gasteiger partial charge in [-0.25, -0.2) is 14.4 Å². The summed E-state index contributed by atoms with van der Waals surface area (Å²) in [5.41, 5.74) is 0.301. The van der Waals surface area contributed by atoms with E-state index in [9.17, 15) is 14.4 Å². The fourth-order valence-electron chi connectivity index (χ4n) is 4.47. The van der Waals surface area contributed by atoms with E-state index in [1.165, 1.54) is 21.3 Å². The number of carbonyl (C=O) groups is 3. The number of benzene rings is 2. The number of ether oxygens (including phenoxy) is 3. The Bertz CT molecular complexity index is 1040. The molecule has 2 bridgehead atoms. The SMILES string of the molecule is COC(=O)C1=C(C(=O)OC)[C@@]2(C(=O)OC)c3ccccc3[C@@H]1N2c1ccccc1. The highest BCUT2D eigenvalue weighted by molar-refractivity contribution is 6.15. The molecule has 0 spiro atoms. The van der Waals surface area contributed by atoms with Crippen molar-refractivity contribution in [1.29, 1.82) is 0 Å². The van der Waals surface area contributed by atoms with Crippen molar-refractivity contribution in [1.82, 2.24) is 0 Å². The first-order valence-corrected chi connectivity index (χ1v) is 8.97. The summed E-state index contributed by atoms with van der Waals surface area (Å²) >= 11 is 0. The number of methoxy groups -OCH3 is 3. The van der Waals surface area contributed by atoms with Crippen LogP contribution in [0.3, 0.4) is 0 Å². The van der Waals surface area contributed by atoms with Gasteiger partial charge >= 0.3 is 17.9 Å². The van der Waals surface area contributed by atoms with Crippen molar-refractivity contribution in [3.8, 4) is 0 Å². The van der Waals surface area contributed by atoms with Gasteiger partial charge in [-0.2, -0.15) is 0 Å². The molecule has 29 heavy (non-hydrogen) atoms. The van der Waals surface area contributed by atoms with E-state index >= 15 is 0 Å². The van der Waals surface area contributed by atoms with Gasteiger partial charge in [0.25, 0.3) is 0 Å². The number of fused-ring (bicyclic) bond motifs is 5. The molecule has 0 saturated heterocycles. The van der Waals surface area contributed by atoms with E-state index in [-0.39, 0.29) is 11.1 Å². The van der Waals surface area contributed by atoms with Crippen molar-refractivity contribution >= 4 is 23.6 Å². The van der Waals surface area contributed by atoms with Crippen molar-refractivity contribution in [2.75, 3.05) is 26.2 Å². The van der Waals surface area contributed by atoms with Crippen LogP contribution in [0.4, 0.5) is 5.69 Å². The molecule has 2 heterocycles. The molecule has 7 nitrogen and oxygen atoms in total. The Kier molecular flexibility index (Phi) is 4.38. The minimum atomic E-state index is -1.66. The van der Waals surface area contributed by atoms with E-state index in [4.69, 9.17) is 14.2 Å². The Morgan fingerprint density at radius 3 is 2.07 bits per heavy atom. The van der Waals surface area contributed by atoms with Gasteiger partial charge in [0.05, 0.1) is 38.5 Å². The lowest BCUT2D eigenvalue weighted by molar-refractivity contribution is -0.149. The predicted molar refractivity (Wildman–Crippen MR) is 103 cm³/mol. The second kappa shape index (κ2) is 6.77. The maximum absolute atomic E-state index is 13.4. The van der Waals surface area contributed by atoms with Gasteiger partial charge in [-0.05, 0) is 23.3 Å². The Morgan fingerprint density at radius 1 is 0.828 bits per heavy atom. The van der Waals surface area contributed by atoms with E-state index in [2.05, 4.69) is 0 Å². The third kappa shape index (κ3) is 2.27. The molecule has 0 aliphatic carbocycles. The summed E-state index contributed by atoms with van der Waals surface area (Å²) in [4.78, 5) is 40.8. The number of hydrogen-bond acceptors (Lipinski definition) is 7. The van der Waals surface area contributed by atoms with Crippen LogP contribution in [0.5, 0.6) is 0 Å². The summed E-state index contributed by atoms with van der Waals surface area (Å²) in [6, 6.07) is 15.6. The maximum atomic E-state index is 13.4. The number of anilines is 1. The highest BCUT2D eigenvalue weighted by Gasteiger charge is 2.68. The molecule has 0 aromatic heterocycles. The quantitative estimate of drug-likeness (QED) is 0.582. The summed E-state index contributed by atoms with van der Waals surface area (Å²) in [5, 5.41) is 0. The molecule has 7 heteroatoms. The standard InChI is InChI=1S/C22H19NO6/c1-27-19(24)16-17(20(25)28-2)22(21(26)29-3)15-12-8-7-11-14(15)18(16)23(22)13-9-5-4-6-10-13/h4-12,18H,1-3H3/t18-,22+/m0/s1. The van der Waals surface area contributed by atoms with Gasteiger partial charge in [0.1, 0.15) is 0 Å². The lowest BCUT2D eigenvalue weighted by atomic mass is 9.76. The third-order valence-electron chi connectivity index (χ3n) is 5.48. The normalized spacial score (nSPS) is 21.6. The molecule has 2 aliphatic rings. The summed E-state index contributed by atoms with van der Waals surface area (Å²) in [7, 11) is 3.70. The molecule has 0 N–H and O–H groups in total. The lowest BCUT2D eigenvalue weighted by Gasteiger charge is -2.36. The van der Waals surface area contributed by atoms with Gasteiger partial charge in [-0.3, -0.25) is 0 Å². The van der Waals surface area contributed by atoms with Gasteiger partial charge in [0.2, 0.25) is 0 Å². The monoisotopic (exact) mass is 393 g/mol. The molecule has 0 fully saturated rings. The van der Waals surface area contributed by atoms with Crippen molar-refractivity contribution < 1.29 is 28.6 Å². The average Bonchev–Trinajstić information content (AvgIpc) is 3.26. The Morgan fingerprint density at radius 2 is 1.45 bits per heavy atom. The lowest BCUT2D eigenvalue weighted by Crippen LogP contribution is -2.49. The largest absolute Gasteiger partial charge is 0.467 e. The number of para-hydroxylation sites is 1. The van der Waals surface area contributed by atoms with Gasteiger partial charge in [-0.1, -0.05) is 42.5 Å². The molecule has 0 unspecified atom stereocenters. The summed E-state index contributed by atoms with van der Waals surface area (Å²) in [5.74, 6) is -2.17. The van der Waals surface area contributed by atoms with E-state index in [0.717, 1.165) is 5.56 Å². The highest BCUT2D eigenvalue weighted by atomic mass is 16.5. The number of hydrogen-bond donors (Lipinski definition) is 0. The summed E-state index contributed by atoms with van der Waals surface area (Å²) < 4.78 is 15.2. The third-order valence-corrected chi connectivity index (χ3v) is 5.48. The average molecular weight is 393 g/mol. The summed E-state index contributed by atoms with van der Waals surface area (Å²) in [6.07, 6.45) is 0. The van der Waals surface area contributed by atoms with E-state index in [0.29, 0.717) is 11.3 Å². The van der Waals surface area contributed by atoms with Gasteiger partial charge < -0.3 is 19.1 Å². The Balaban J connectivity index is 2.14. The molecule has 148 valence electrons. The fraction of sp³-hybridized carbons (Fsp3) is 0.227. The molecule has 2 aliphatic heterocycles. The van der Waals surface area contributed by atoms with E-state index in [1.807, 2.05) is 42.5 Å².